The summed E-state index contributed by atoms with van der Waals surface area (Å²) in [4.78, 5) is 9.00. The molecule has 0 aromatic carbocycles. The lowest BCUT2D eigenvalue weighted by Gasteiger charge is -1.59. The average Bonchev–Trinajstić information content (AvgIpc) is 1.65. The van der Waals surface area contributed by atoms with E-state index in [2.05, 4.69) is 0 Å². The fourth-order valence-corrected chi connectivity index (χ4v) is 0. The quantitative estimate of drug-likeness (QED) is 0.526. The molecule has 0 rings (SSSR count). The summed E-state index contributed by atoms with van der Waals surface area (Å²) in [5.74, 6) is -0.833. The number of nitrogens with zero attached hydrogens (tertiary/aromatic N) is 1. The molecule has 0 radical (unpaired) electrons. The lowest BCUT2D eigenvalue weighted by molar-refractivity contribution is -0.134. The molecule has 10 heavy (non-hydrogen) atoms. The molecule has 4 heteroatoms. The van der Waals surface area contributed by atoms with E-state index in [4.69, 9.17) is 20.3 Å². The Bertz CT molecular complexity index is 91.7. The Morgan fingerprint density at radius 2 is 1.70 bits per heavy atom. The molecule has 0 aromatic heterocycles. The zero-order chi connectivity index (χ0) is 8.99. The minimum atomic E-state index is -0.833. The fourth-order valence-electron chi connectivity index (χ4n) is 0. The van der Waals surface area contributed by atoms with E-state index in [1.54, 1.807) is 13.0 Å². The Balaban J connectivity index is -0.0000000750. The van der Waals surface area contributed by atoms with Crippen molar-refractivity contribution < 1.29 is 15.0 Å². The van der Waals surface area contributed by atoms with Crippen molar-refractivity contribution in [1.29, 1.82) is 5.26 Å². The minimum absolute atomic E-state index is 0.250. The van der Waals surface area contributed by atoms with Crippen LogP contribution in [0.5, 0.6) is 0 Å². The molecular formula is C6H13NO3. The topological polar surface area (TPSA) is 81.3 Å². The summed E-state index contributed by atoms with van der Waals surface area (Å²) in [7, 11) is 0. The van der Waals surface area contributed by atoms with Crippen molar-refractivity contribution >= 4 is 5.97 Å². The molecule has 0 fully saturated rings. The summed E-state index contributed by atoms with van der Waals surface area (Å²) in [6, 6.07) is 1.75. The van der Waals surface area contributed by atoms with E-state index in [0.717, 1.165) is 6.92 Å². The Morgan fingerprint density at radius 1 is 1.70 bits per heavy atom. The molecule has 0 saturated heterocycles. The zero-order valence-corrected chi connectivity index (χ0v) is 6.46. The number of nitriles is 1. The van der Waals surface area contributed by atoms with Gasteiger partial charge in [-0.1, -0.05) is 0 Å². The predicted molar refractivity (Wildman–Crippen MR) is 37.4 cm³/mol. The molecule has 60 valence electrons. The van der Waals surface area contributed by atoms with Crippen molar-refractivity contribution in [3.8, 4) is 6.07 Å². The van der Waals surface area contributed by atoms with Crippen LogP contribution < -0.4 is 0 Å². The van der Waals surface area contributed by atoms with Gasteiger partial charge in [-0.3, -0.25) is 4.79 Å². The van der Waals surface area contributed by atoms with E-state index in [1.807, 2.05) is 0 Å². The van der Waals surface area contributed by atoms with Crippen molar-refractivity contribution in [2.24, 2.45) is 0 Å². The SMILES string of the molecule is CC#N.CC(=O)O.CCO. The van der Waals surface area contributed by atoms with Crippen LogP contribution in [0.3, 0.4) is 0 Å². The third-order valence-corrected chi connectivity index (χ3v) is 0. The summed E-state index contributed by atoms with van der Waals surface area (Å²) in [6.07, 6.45) is 0. The van der Waals surface area contributed by atoms with Gasteiger partial charge in [-0.15, -0.1) is 0 Å². The van der Waals surface area contributed by atoms with Crippen molar-refractivity contribution in [1.82, 2.24) is 0 Å². The molecule has 2 N–H and O–H groups in total. The molecular weight excluding hydrogens is 134 g/mol. The highest BCUT2D eigenvalue weighted by Crippen LogP contribution is 1.42. The molecule has 0 unspecified atom stereocenters. The van der Waals surface area contributed by atoms with Gasteiger partial charge in [-0.05, 0) is 6.92 Å². The van der Waals surface area contributed by atoms with E-state index in [1.165, 1.54) is 6.92 Å². The second-order valence-electron chi connectivity index (χ2n) is 1.06. The Morgan fingerprint density at radius 3 is 1.70 bits per heavy atom. The van der Waals surface area contributed by atoms with Crippen LogP contribution in [0, 0.1) is 11.3 Å². The number of aliphatic hydroxyl groups is 1. The fraction of sp³-hybridized carbons (Fsp3) is 0.667. The second kappa shape index (κ2) is 24.7. The summed E-state index contributed by atoms with van der Waals surface area (Å²) in [5, 5.41) is 22.3. The average molecular weight is 147 g/mol. The van der Waals surface area contributed by atoms with E-state index in [-0.39, 0.29) is 6.61 Å². The number of carboxylic acid groups (broad SMARTS) is 1. The number of carboxylic acids is 1. The van der Waals surface area contributed by atoms with Gasteiger partial charge in [0.05, 0.1) is 6.07 Å². The first-order valence-corrected chi connectivity index (χ1v) is 2.67. The molecule has 0 atom stereocenters. The molecule has 0 bridgehead atoms. The largest absolute Gasteiger partial charge is 0.481 e. The van der Waals surface area contributed by atoms with Gasteiger partial charge in [-0.25, -0.2) is 0 Å². The second-order valence-corrected chi connectivity index (χ2v) is 1.06. The number of rotatable bonds is 0. The Kier molecular flexibility index (Phi) is 39.4. The number of hydrogen-bond acceptors (Lipinski definition) is 3. The minimum Gasteiger partial charge on any atom is -0.481 e. The van der Waals surface area contributed by atoms with Crippen LogP contribution in [0.25, 0.3) is 0 Å². The smallest absolute Gasteiger partial charge is 0.300 e. The van der Waals surface area contributed by atoms with Gasteiger partial charge in [0.25, 0.3) is 5.97 Å². The van der Waals surface area contributed by atoms with Gasteiger partial charge in [0, 0.05) is 20.5 Å². The predicted octanol–water partition coefficient (Wildman–Crippen LogP) is 0.619. The van der Waals surface area contributed by atoms with Crippen LogP contribution in [0.2, 0.25) is 0 Å². The molecule has 0 amide bonds. The molecule has 0 aliphatic heterocycles. The monoisotopic (exact) mass is 147 g/mol. The van der Waals surface area contributed by atoms with E-state index < -0.39 is 5.97 Å². The van der Waals surface area contributed by atoms with Gasteiger partial charge in [0.1, 0.15) is 0 Å². The van der Waals surface area contributed by atoms with Crippen molar-refractivity contribution in [3.63, 3.8) is 0 Å². The maximum absolute atomic E-state index is 9.00. The van der Waals surface area contributed by atoms with Gasteiger partial charge in [-0.2, -0.15) is 5.26 Å². The first-order valence-electron chi connectivity index (χ1n) is 2.67. The first-order chi connectivity index (χ1) is 4.56. The summed E-state index contributed by atoms with van der Waals surface area (Å²) < 4.78 is 0. The van der Waals surface area contributed by atoms with Crippen molar-refractivity contribution in [2.45, 2.75) is 20.8 Å². The molecule has 4 nitrogen and oxygen atoms in total. The molecule has 0 aliphatic carbocycles. The Labute approximate surface area is 60.7 Å². The van der Waals surface area contributed by atoms with Crippen LogP contribution in [0.4, 0.5) is 0 Å². The third-order valence-electron chi connectivity index (χ3n) is 0. The zero-order valence-electron chi connectivity index (χ0n) is 6.46. The third kappa shape index (κ3) is 208. The van der Waals surface area contributed by atoms with Crippen molar-refractivity contribution in [3.05, 3.63) is 0 Å². The number of aliphatic hydroxyl groups excluding tert-OH is 1. The van der Waals surface area contributed by atoms with Gasteiger partial charge >= 0.3 is 0 Å². The lowest BCUT2D eigenvalue weighted by Crippen LogP contribution is -1.78. The first kappa shape index (κ1) is 16.0. The molecule has 0 spiro atoms. The van der Waals surface area contributed by atoms with E-state index in [9.17, 15) is 0 Å². The number of hydrogen-bond donors (Lipinski definition) is 2. The summed E-state index contributed by atoms with van der Waals surface area (Å²) in [5.41, 5.74) is 0. The summed E-state index contributed by atoms with van der Waals surface area (Å²) >= 11 is 0. The maximum Gasteiger partial charge on any atom is 0.300 e. The van der Waals surface area contributed by atoms with Crippen LogP contribution in [-0.2, 0) is 4.79 Å². The van der Waals surface area contributed by atoms with Gasteiger partial charge in [0.2, 0.25) is 0 Å². The van der Waals surface area contributed by atoms with Gasteiger partial charge in [0.15, 0.2) is 0 Å². The highest BCUT2D eigenvalue weighted by molar-refractivity contribution is 5.62. The van der Waals surface area contributed by atoms with Crippen LogP contribution in [0.1, 0.15) is 20.8 Å². The molecule has 0 aromatic rings. The van der Waals surface area contributed by atoms with Crippen LogP contribution in [-0.4, -0.2) is 22.8 Å². The van der Waals surface area contributed by atoms with Crippen LogP contribution >= 0.6 is 0 Å². The lowest BCUT2D eigenvalue weighted by atomic mass is 10.9. The standard InChI is InChI=1S/C2H3N.C2H4O2.C2H6O/c1-2-3;1-2(3)4;1-2-3/h1H3;1H3,(H,3,4);3H,2H2,1H3. The normalized spacial score (nSPS) is 5.10. The Hall–Kier alpha value is -1.08. The molecule has 0 heterocycles. The molecule has 0 aliphatic rings. The van der Waals surface area contributed by atoms with Crippen molar-refractivity contribution in [2.75, 3.05) is 6.61 Å². The van der Waals surface area contributed by atoms with E-state index >= 15 is 0 Å². The number of aliphatic carboxylic acids is 1. The highest BCUT2D eigenvalue weighted by atomic mass is 16.4. The maximum atomic E-state index is 9.00. The van der Waals surface area contributed by atoms with E-state index in [0.29, 0.717) is 0 Å². The highest BCUT2D eigenvalue weighted by Gasteiger charge is 1.65. The number of carbonyl (C=O) groups is 1. The van der Waals surface area contributed by atoms with Crippen LogP contribution in [0.15, 0.2) is 0 Å². The van der Waals surface area contributed by atoms with Gasteiger partial charge < -0.3 is 10.2 Å². The molecule has 0 saturated carbocycles. The summed E-state index contributed by atoms with van der Waals surface area (Å²) in [6.45, 7) is 4.44.